The van der Waals surface area contributed by atoms with E-state index in [2.05, 4.69) is 0 Å². The van der Waals surface area contributed by atoms with Gasteiger partial charge in [-0.05, 0) is 30.2 Å². The lowest BCUT2D eigenvalue weighted by Crippen LogP contribution is -2.33. The Kier molecular flexibility index (Phi) is 3.58. The van der Waals surface area contributed by atoms with Gasteiger partial charge in [-0.25, -0.2) is 0 Å². The zero-order valence-corrected chi connectivity index (χ0v) is 11.4. The number of benzene rings is 1. The minimum atomic E-state index is -0.420. The fraction of sp³-hybridized carbons (Fsp3) is 0.562. The smallest absolute Gasteiger partial charge is 0.166 e. The number of aryl methyl sites for hydroxylation is 1. The molecular formula is C16H22O2. The van der Waals surface area contributed by atoms with Crippen molar-refractivity contribution >= 4 is 5.78 Å². The highest BCUT2D eigenvalue weighted by atomic mass is 16.3. The predicted molar refractivity (Wildman–Crippen MR) is 72.7 cm³/mol. The summed E-state index contributed by atoms with van der Waals surface area (Å²) >= 11 is 0. The van der Waals surface area contributed by atoms with Crippen molar-refractivity contribution in [3.63, 3.8) is 0 Å². The van der Waals surface area contributed by atoms with Crippen molar-refractivity contribution in [2.24, 2.45) is 11.3 Å². The van der Waals surface area contributed by atoms with Gasteiger partial charge in [-0.2, -0.15) is 0 Å². The van der Waals surface area contributed by atoms with Crippen LogP contribution in [0.25, 0.3) is 0 Å². The molecule has 0 bridgehead atoms. The molecule has 0 radical (unpaired) electrons. The summed E-state index contributed by atoms with van der Waals surface area (Å²) < 4.78 is 0. The number of carbonyl (C=O) groups is 1. The second kappa shape index (κ2) is 4.85. The van der Waals surface area contributed by atoms with Crippen LogP contribution < -0.4 is 0 Å². The van der Waals surface area contributed by atoms with Gasteiger partial charge < -0.3 is 5.11 Å². The monoisotopic (exact) mass is 246 g/mol. The van der Waals surface area contributed by atoms with Crippen LogP contribution in [-0.2, 0) is 6.42 Å². The third-order valence-electron chi connectivity index (χ3n) is 3.92. The van der Waals surface area contributed by atoms with Crippen LogP contribution in [0.4, 0.5) is 0 Å². The van der Waals surface area contributed by atoms with E-state index in [4.69, 9.17) is 0 Å². The Morgan fingerprint density at radius 3 is 2.67 bits per heavy atom. The molecule has 98 valence electrons. The molecule has 18 heavy (non-hydrogen) atoms. The maximum Gasteiger partial charge on any atom is 0.166 e. The molecule has 0 aliphatic heterocycles. The largest absolute Gasteiger partial charge is 0.393 e. The van der Waals surface area contributed by atoms with Gasteiger partial charge in [-0.15, -0.1) is 0 Å². The van der Waals surface area contributed by atoms with Crippen molar-refractivity contribution in [1.29, 1.82) is 0 Å². The van der Waals surface area contributed by atoms with E-state index < -0.39 is 6.10 Å². The average Bonchev–Trinajstić information content (AvgIpc) is 2.32. The Morgan fingerprint density at radius 1 is 1.33 bits per heavy atom. The minimum Gasteiger partial charge on any atom is -0.393 e. The number of Topliss-reactive ketones (excluding diaryl/α,β-unsaturated/α-hetero) is 1. The summed E-state index contributed by atoms with van der Waals surface area (Å²) in [4.78, 5) is 12.4. The zero-order chi connectivity index (χ0) is 13.3. The molecule has 0 saturated heterocycles. The predicted octanol–water partition coefficient (Wildman–Crippen LogP) is 3.23. The molecule has 0 aromatic heterocycles. The van der Waals surface area contributed by atoms with Gasteiger partial charge >= 0.3 is 0 Å². The van der Waals surface area contributed by atoms with E-state index in [9.17, 15) is 9.90 Å². The molecule has 2 heteroatoms. The molecular weight excluding hydrogens is 224 g/mol. The Balaban J connectivity index is 2.13. The van der Waals surface area contributed by atoms with Crippen LogP contribution in [0.1, 0.15) is 49.5 Å². The van der Waals surface area contributed by atoms with Crippen LogP contribution >= 0.6 is 0 Å². The van der Waals surface area contributed by atoms with Gasteiger partial charge in [0.15, 0.2) is 5.78 Å². The van der Waals surface area contributed by atoms with Crippen molar-refractivity contribution in [1.82, 2.24) is 0 Å². The molecule has 0 amide bonds. The summed E-state index contributed by atoms with van der Waals surface area (Å²) in [5.41, 5.74) is 1.86. The molecule has 2 rings (SSSR count). The van der Waals surface area contributed by atoms with Gasteiger partial charge in [0.2, 0.25) is 0 Å². The molecule has 2 nitrogen and oxygen atoms in total. The normalized spacial score (nSPS) is 21.6. The van der Waals surface area contributed by atoms with Crippen molar-refractivity contribution in [3.8, 4) is 0 Å². The first-order valence-corrected chi connectivity index (χ1v) is 6.70. The van der Waals surface area contributed by atoms with Crippen molar-refractivity contribution in [2.75, 3.05) is 0 Å². The third-order valence-corrected chi connectivity index (χ3v) is 3.92. The Labute approximate surface area is 109 Å². The molecule has 1 N–H and O–H groups in total. The summed E-state index contributed by atoms with van der Waals surface area (Å²) in [6, 6.07) is 7.84. The number of ketones is 1. The molecule has 0 heterocycles. The summed E-state index contributed by atoms with van der Waals surface area (Å²) in [5, 5.41) is 10.2. The lowest BCUT2D eigenvalue weighted by molar-refractivity contribution is 0.0370. The Hall–Kier alpha value is -1.15. The maximum atomic E-state index is 12.4. The highest BCUT2D eigenvalue weighted by molar-refractivity contribution is 6.00. The van der Waals surface area contributed by atoms with Crippen LogP contribution in [0.15, 0.2) is 24.3 Å². The molecule has 2 unspecified atom stereocenters. The molecule has 1 aliphatic rings. The van der Waals surface area contributed by atoms with E-state index in [1.807, 2.05) is 45.0 Å². The second-order valence-corrected chi connectivity index (χ2v) is 6.37. The van der Waals surface area contributed by atoms with Gasteiger partial charge in [0.05, 0.1) is 6.10 Å². The van der Waals surface area contributed by atoms with E-state index in [-0.39, 0.29) is 17.1 Å². The number of hydrogen-bond donors (Lipinski definition) is 1. The first kappa shape index (κ1) is 13.3. The highest BCUT2D eigenvalue weighted by Crippen LogP contribution is 2.32. The van der Waals surface area contributed by atoms with Crippen molar-refractivity contribution in [3.05, 3.63) is 35.4 Å². The van der Waals surface area contributed by atoms with Crippen LogP contribution in [0.2, 0.25) is 0 Å². The minimum absolute atomic E-state index is 0.0193. The molecule has 2 atom stereocenters. The van der Waals surface area contributed by atoms with Gasteiger partial charge in [0.25, 0.3) is 0 Å². The molecule has 0 saturated carbocycles. The topological polar surface area (TPSA) is 37.3 Å². The van der Waals surface area contributed by atoms with Crippen LogP contribution in [0, 0.1) is 11.3 Å². The number of hydrogen-bond acceptors (Lipinski definition) is 2. The van der Waals surface area contributed by atoms with Gasteiger partial charge in [-0.1, -0.05) is 45.0 Å². The molecule has 1 aromatic rings. The lowest BCUT2D eigenvalue weighted by atomic mass is 9.76. The molecule has 0 fully saturated rings. The second-order valence-electron chi connectivity index (χ2n) is 6.37. The maximum absolute atomic E-state index is 12.4. The van der Waals surface area contributed by atoms with E-state index in [1.165, 1.54) is 0 Å². The number of aliphatic hydroxyl groups is 1. The SMILES string of the molecule is CC(C)(C)C(O)CC1CCc2ccccc2C1=O. The average molecular weight is 246 g/mol. The van der Waals surface area contributed by atoms with Crippen LogP contribution in [0.5, 0.6) is 0 Å². The number of aliphatic hydroxyl groups excluding tert-OH is 1. The van der Waals surface area contributed by atoms with Gasteiger partial charge in [0, 0.05) is 11.5 Å². The van der Waals surface area contributed by atoms with Gasteiger partial charge in [-0.3, -0.25) is 4.79 Å². The van der Waals surface area contributed by atoms with Crippen LogP contribution in [-0.4, -0.2) is 17.0 Å². The summed E-state index contributed by atoms with van der Waals surface area (Å²) in [7, 11) is 0. The highest BCUT2D eigenvalue weighted by Gasteiger charge is 2.32. The lowest BCUT2D eigenvalue weighted by Gasteiger charge is -2.31. The number of carbonyl (C=O) groups excluding carboxylic acids is 1. The first-order valence-electron chi connectivity index (χ1n) is 6.70. The van der Waals surface area contributed by atoms with E-state index in [0.717, 1.165) is 24.0 Å². The summed E-state index contributed by atoms with van der Waals surface area (Å²) in [6.07, 6.45) is 1.97. The standard InChI is InChI=1S/C16H22O2/c1-16(2,3)14(17)10-12-9-8-11-6-4-5-7-13(11)15(12)18/h4-7,12,14,17H,8-10H2,1-3H3. The van der Waals surface area contributed by atoms with Crippen LogP contribution in [0.3, 0.4) is 0 Å². The molecule has 1 aliphatic carbocycles. The van der Waals surface area contributed by atoms with Crippen molar-refractivity contribution in [2.45, 2.75) is 46.1 Å². The molecule has 0 spiro atoms. The van der Waals surface area contributed by atoms with Gasteiger partial charge in [0.1, 0.15) is 0 Å². The summed E-state index contributed by atoms with van der Waals surface area (Å²) in [6.45, 7) is 6.04. The Bertz CT molecular complexity index is 443. The zero-order valence-electron chi connectivity index (χ0n) is 11.4. The third kappa shape index (κ3) is 2.64. The summed E-state index contributed by atoms with van der Waals surface area (Å²) in [5.74, 6) is 0.189. The van der Waals surface area contributed by atoms with E-state index in [1.54, 1.807) is 0 Å². The molecule has 1 aromatic carbocycles. The fourth-order valence-corrected chi connectivity index (χ4v) is 2.51. The Morgan fingerprint density at radius 2 is 2.00 bits per heavy atom. The van der Waals surface area contributed by atoms with E-state index in [0.29, 0.717) is 6.42 Å². The number of rotatable bonds is 2. The first-order chi connectivity index (χ1) is 8.39. The van der Waals surface area contributed by atoms with Crippen molar-refractivity contribution < 1.29 is 9.90 Å². The number of fused-ring (bicyclic) bond motifs is 1. The quantitative estimate of drug-likeness (QED) is 0.870. The van der Waals surface area contributed by atoms with E-state index >= 15 is 0 Å². The fourth-order valence-electron chi connectivity index (χ4n) is 2.51.